The smallest absolute Gasteiger partial charge is 0.0998 e. The van der Waals surface area contributed by atoms with Crippen LogP contribution in [0.3, 0.4) is 0 Å². The number of nitriles is 2. The zero-order valence-corrected chi connectivity index (χ0v) is 27.1. The second-order valence-electron chi connectivity index (χ2n) is 12.9. The second-order valence-corrected chi connectivity index (χ2v) is 12.9. The predicted molar refractivity (Wildman–Crippen MR) is 194 cm³/mol. The van der Waals surface area contributed by atoms with Gasteiger partial charge in [-0.1, -0.05) is 60.7 Å². The van der Waals surface area contributed by atoms with Gasteiger partial charge in [-0.3, -0.25) is 0 Å². The van der Waals surface area contributed by atoms with Crippen molar-refractivity contribution in [3.63, 3.8) is 0 Å². The van der Waals surface area contributed by atoms with Crippen LogP contribution in [0.25, 0.3) is 66.1 Å². The second kappa shape index (κ2) is 10.5. The Morgan fingerprint density at radius 2 is 0.787 bits per heavy atom. The third-order valence-corrected chi connectivity index (χ3v) is 9.43. The molecular weight excluding hydrogens is 573 g/mol. The number of nitrogens with zero attached hydrogens (tertiary/aromatic N) is 4. The lowest BCUT2D eigenvalue weighted by Gasteiger charge is -2.22. The van der Waals surface area contributed by atoms with E-state index in [-0.39, 0.29) is 0 Å². The van der Waals surface area contributed by atoms with Crippen molar-refractivity contribution in [3.05, 3.63) is 142 Å². The lowest BCUT2D eigenvalue weighted by molar-refractivity contribution is 1.13. The normalized spacial score (nSPS) is 11.5. The van der Waals surface area contributed by atoms with Gasteiger partial charge in [0.25, 0.3) is 0 Å². The topological polar surface area (TPSA) is 57.4 Å². The molecule has 2 heterocycles. The summed E-state index contributed by atoms with van der Waals surface area (Å²) >= 11 is 0. The van der Waals surface area contributed by atoms with Gasteiger partial charge in [-0.2, -0.15) is 10.5 Å². The van der Waals surface area contributed by atoms with Crippen LogP contribution < -0.4 is 0 Å². The third-order valence-electron chi connectivity index (χ3n) is 9.43. The molecule has 2 aromatic heterocycles. The maximum atomic E-state index is 10.6. The minimum absolute atomic E-state index is 0.551. The monoisotopic (exact) mass is 604 g/mol. The van der Waals surface area contributed by atoms with E-state index < -0.39 is 0 Å². The standard InChI is InChI=1S/C43H32N4/c1-25-6-11-32(31(16-25)24-45)43-41(46-37-17-26(2)7-12-33(37)34-13-8-27(3)18-38(34)46)21-30(23-44)22-42(43)47-39-19-28(4)9-14-35(39)36-15-10-29(5)20-40(36)47/h6-22H,1-5H3. The van der Waals surface area contributed by atoms with E-state index in [1.807, 2.05) is 25.1 Å². The molecule has 47 heavy (non-hydrogen) atoms. The van der Waals surface area contributed by atoms with Gasteiger partial charge in [-0.25, -0.2) is 0 Å². The average molecular weight is 605 g/mol. The summed E-state index contributed by atoms with van der Waals surface area (Å²) < 4.78 is 4.60. The summed E-state index contributed by atoms with van der Waals surface area (Å²) in [6, 6.07) is 41.4. The summed E-state index contributed by atoms with van der Waals surface area (Å²) in [5, 5.41) is 25.7. The van der Waals surface area contributed by atoms with Crippen LogP contribution in [0.4, 0.5) is 0 Å². The van der Waals surface area contributed by atoms with E-state index in [2.05, 4.69) is 134 Å². The summed E-state index contributed by atoms with van der Waals surface area (Å²) in [7, 11) is 0. The molecule has 0 unspecified atom stereocenters. The zero-order valence-electron chi connectivity index (χ0n) is 27.1. The Morgan fingerprint density at radius 1 is 0.426 bits per heavy atom. The van der Waals surface area contributed by atoms with Crippen LogP contribution in [0.5, 0.6) is 0 Å². The summed E-state index contributed by atoms with van der Waals surface area (Å²) in [5.74, 6) is 0. The highest BCUT2D eigenvalue weighted by molar-refractivity contribution is 6.12. The van der Waals surface area contributed by atoms with Crippen molar-refractivity contribution < 1.29 is 0 Å². The van der Waals surface area contributed by atoms with Crippen molar-refractivity contribution in [1.29, 1.82) is 10.5 Å². The Bertz CT molecular complexity index is 2440. The Labute approximate surface area is 274 Å². The molecule has 0 radical (unpaired) electrons. The molecule has 6 aromatic carbocycles. The first-order chi connectivity index (χ1) is 22.7. The molecule has 0 amide bonds. The van der Waals surface area contributed by atoms with Crippen molar-refractivity contribution >= 4 is 43.6 Å². The first kappa shape index (κ1) is 28.4. The molecule has 0 saturated carbocycles. The molecule has 4 heteroatoms. The van der Waals surface area contributed by atoms with Crippen molar-refractivity contribution in [3.8, 4) is 34.6 Å². The van der Waals surface area contributed by atoms with E-state index in [0.29, 0.717) is 11.1 Å². The molecule has 0 fully saturated rings. The number of hydrogen-bond acceptors (Lipinski definition) is 2. The highest BCUT2D eigenvalue weighted by Gasteiger charge is 2.25. The number of fused-ring (bicyclic) bond motifs is 6. The van der Waals surface area contributed by atoms with Crippen LogP contribution in [0.2, 0.25) is 0 Å². The van der Waals surface area contributed by atoms with E-state index in [0.717, 1.165) is 93.9 Å². The minimum atomic E-state index is 0.551. The Balaban J connectivity index is 1.65. The van der Waals surface area contributed by atoms with E-state index in [1.54, 1.807) is 0 Å². The van der Waals surface area contributed by atoms with Gasteiger partial charge in [-0.05, 0) is 105 Å². The van der Waals surface area contributed by atoms with Gasteiger partial charge in [0.15, 0.2) is 0 Å². The molecule has 0 aliphatic rings. The number of hydrogen-bond donors (Lipinski definition) is 0. The highest BCUT2D eigenvalue weighted by Crippen LogP contribution is 2.44. The molecule has 0 N–H and O–H groups in total. The molecule has 4 nitrogen and oxygen atoms in total. The largest absolute Gasteiger partial charge is 0.308 e. The van der Waals surface area contributed by atoms with Gasteiger partial charge in [0.2, 0.25) is 0 Å². The van der Waals surface area contributed by atoms with E-state index in [9.17, 15) is 10.5 Å². The van der Waals surface area contributed by atoms with Gasteiger partial charge in [-0.15, -0.1) is 0 Å². The first-order valence-corrected chi connectivity index (χ1v) is 15.9. The number of benzene rings is 6. The molecule has 0 bridgehead atoms. The summed E-state index contributed by atoms with van der Waals surface area (Å²) in [6.07, 6.45) is 0. The lowest BCUT2D eigenvalue weighted by atomic mass is 9.93. The Morgan fingerprint density at radius 3 is 1.15 bits per heavy atom. The van der Waals surface area contributed by atoms with Gasteiger partial charge >= 0.3 is 0 Å². The van der Waals surface area contributed by atoms with Crippen LogP contribution >= 0.6 is 0 Å². The fourth-order valence-electron chi connectivity index (χ4n) is 7.27. The molecule has 8 aromatic rings. The molecule has 8 rings (SSSR count). The van der Waals surface area contributed by atoms with Gasteiger partial charge in [0.05, 0.1) is 56.7 Å². The average Bonchev–Trinajstić information content (AvgIpc) is 3.54. The van der Waals surface area contributed by atoms with Crippen molar-refractivity contribution in [2.75, 3.05) is 0 Å². The maximum absolute atomic E-state index is 10.6. The van der Waals surface area contributed by atoms with Crippen molar-refractivity contribution in [2.45, 2.75) is 34.6 Å². The lowest BCUT2D eigenvalue weighted by Crippen LogP contribution is -2.06. The molecule has 0 atom stereocenters. The van der Waals surface area contributed by atoms with E-state index >= 15 is 0 Å². The molecule has 224 valence electrons. The van der Waals surface area contributed by atoms with Gasteiger partial charge < -0.3 is 9.13 Å². The van der Waals surface area contributed by atoms with Crippen LogP contribution in [0.1, 0.15) is 38.9 Å². The van der Waals surface area contributed by atoms with Gasteiger partial charge in [0.1, 0.15) is 0 Å². The fraction of sp³-hybridized carbons (Fsp3) is 0.116. The van der Waals surface area contributed by atoms with Crippen LogP contribution in [-0.4, -0.2) is 9.13 Å². The van der Waals surface area contributed by atoms with E-state index in [4.69, 9.17) is 0 Å². The summed E-state index contributed by atoms with van der Waals surface area (Å²) in [4.78, 5) is 0. The van der Waals surface area contributed by atoms with Crippen molar-refractivity contribution in [2.24, 2.45) is 0 Å². The predicted octanol–water partition coefficient (Wildman–Crippen LogP) is 10.8. The van der Waals surface area contributed by atoms with Crippen LogP contribution in [0, 0.1) is 57.3 Å². The zero-order chi connectivity index (χ0) is 32.6. The molecule has 0 spiro atoms. The Hall–Kier alpha value is -6.10. The van der Waals surface area contributed by atoms with Gasteiger partial charge in [0, 0.05) is 32.7 Å². The number of aromatic nitrogens is 2. The van der Waals surface area contributed by atoms with Crippen molar-refractivity contribution in [1.82, 2.24) is 9.13 Å². The number of rotatable bonds is 3. The van der Waals surface area contributed by atoms with Crippen LogP contribution in [0.15, 0.2) is 103 Å². The molecular formula is C43H32N4. The molecule has 0 aliphatic heterocycles. The first-order valence-electron chi connectivity index (χ1n) is 15.9. The summed E-state index contributed by atoms with van der Waals surface area (Å²) in [5.41, 5.74) is 14.5. The maximum Gasteiger partial charge on any atom is 0.0998 e. The van der Waals surface area contributed by atoms with E-state index in [1.165, 1.54) is 0 Å². The quantitative estimate of drug-likeness (QED) is 0.201. The number of aryl methyl sites for hydroxylation is 5. The molecule has 0 saturated heterocycles. The minimum Gasteiger partial charge on any atom is -0.308 e. The van der Waals surface area contributed by atoms with Crippen LogP contribution in [-0.2, 0) is 0 Å². The fourth-order valence-corrected chi connectivity index (χ4v) is 7.27. The third kappa shape index (κ3) is 4.34. The Kier molecular flexibility index (Phi) is 6.33. The summed E-state index contributed by atoms with van der Waals surface area (Å²) in [6.45, 7) is 10.5. The highest BCUT2D eigenvalue weighted by atomic mass is 15.0. The SMILES string of the molecule is Cc1ccc(-c2c(-n3c4cc(C)ccc4c4ccc(C)cc43)cc(C#N)cc2-n2c3cc(C)ccc3c3ccc(C)cc32)c(C#N)c1. The molecule has 0 aliphatic carbocycles.